The van der Waals surface area contributed by atoms with Crippen LogP contribution in [-0.4, -0.2) is 26.9 Å². The number of piperidine rings is 1. The molecule has 1 amide bonds. The predicted molar refractivity (Wildman–Crippen MR) is 137 cm³/mol. The highest BCUT2D eigenvalue weighted by Gasteiger charge is 2.51. The highest BCUT2D eigenvalue weighted by atomic mass is 35.5. The molecule has 35 heavy (non-hydrogen) atoms. The summed E-state index contributed by atoms with van der Waals surface area (Å²) in [5, 5.41) is 11.5. The molecule has 6 nitrogen and oxygen atoms in total. The molecule has 0 unspecified atom stereocenters. The molecule has 0 saturated carbocycles. The Bertz CT molecular complexity index is 1250. The van der Waals surface area contributed by atoms with Crippen LogP contribution in [0.2, 0.25) is 10.0 Å². The standard InChI is InChI=1S/C27H30Cl2N2O4/c1-4-20(5-2)31-23(16-9-11-18(28)12-10-16)21(17-7-6-8-19(29)13-17)14-27(3,25(31)33)15-22-24(32)30-26(34)35-22/h6-13,20-21,23,32H,4-5,14-15H2,1-3H3,(H,30,34)/t21-,23-,27-/m1/s1. The molecule has 4 rings (SSSR count). The zero-order valence-corrected chi connectivity index (χ0v) is 21.6. The smallest absolute Gasteiger partial charge is 0.419 e. The molecule has 2 heterocycles. The molecule has 2 aromatic carbocycles. The summed E-state index contributed by atoms with van der Waals surface area (Å²) in [6, 6.07) is 15.2. The molecular formula is C27H30Cl2N2O4. The summed E-state index contributed by atoms with van der Waals surface area (Å²) < 4.78 is 5.20. The summed E-state index contributed by atoms with van der Waals surface area (Å²) >= 11 is 12.6. The number of nitrogens with one attached hydrogen (secondary N) is 1. The maximum absolute atomic E-state index is 14.3. The van der Waals surface area contributed by atoms with Crippen molar-refractivity contribution < 1.29 is 14.3 Å². The molecule has 3 aromatic rings. The highest BCUT2D eigenvalue weighted by molar-refractivity contribution is 6.30. The normalized spacial score (nSPS) is 22.7. The lowest BCUT2D eigenvalue weighted by atomic mass is 9.66. The third kappa shape index (κ3) is 5.00. The van der Waals surface area contributed by atoms with Gasteiger partial charge in [0.15, 0.2) is 5.76 Å². The number of hydrogen-bond acceptors (Lipinski definition) is 4. The van der Waals surface area contributed by atoms with E-state index < -0.39 is 11.2 Å². The number of carbonyl (C=O) groups excluding carboxylic acids is 1. The van der Waals surface area contributed by atoms with Crippen molar-refractivity contribution in [3.05, 3.63) is 86.0 Å². The molecule has 1 aliphatic rings. The van der Waals surface area contributed by atoms with Crippen molar-refractivity contribution >= 4 is 29.1 Å². The summed E-state index contributed by atoms with van der Waals surface area (Å²) in [4.78, 5) is 30.2. The van der Waals surface area contributed by atoms with Crippen LogP contribution in [0.5, 0.6) is 5.88 Å². The van der Waals surface area contributed by atoms with Crippen LogP contribution in [0.25, 0.3) is 0 Å². The number of aromatic amines is 1. The average molecular weight is 517 g/mol. The number of likely N-dealkylation sites (tertiary alicyclic amines) is 1. The fourth-order valence-electron chi connectivity index (χ4n) is 5.46. The van der Waals surface area contributed by atoms with Gasteiger partial charge in [0.05, 0.1) is 11.5 Å². The lowest BCUT2D eigenvalue weighted by Crippen LogP contribution is -2.56. The number of hydrogen-bond donors (Lipinski definition) is 2. The topological polar surface area (TPSA) is 86.5 Å². The monoisotopic (exact) mass is 516 g/mol. The van der Waals surface area contributed by atoms with E-state index in [1.54, 1.807) is 0 Å². The summed E-state index contributed by atoms with van der Waals surface area (Å²) in [5.41, 5.74) is 1.10. The van der Waals surface area contributed by atoms with Crippen LogP contribution < -0.4 is 5.76 Å². The van der Waals surface area contributed by atoms with Crippen LogP contribution >= 0.6 is 23.2 Å². The number of aromatic nitrogens is 1. The molecule has 186 valence electrons. The van der Waals surface area contributed by atoms with Crippen LogP contribution in [0.4, 0.5) is 0 Å². The lowest BCUT2D eigenvalue weighted by molar-refractivity contribution is -0.155. The van der Waals surface area contributed by atoms with E-state index in [-0.39, 0.29) is 42.0 Å². The first-order valence-electron chi connectivity index (χ1n) is 11.9. The molecule has 3 atom stereocenters. The molecule has 1 aromatic heterocycles. The minimum absolute atomic E-state index is 0.00341. The maximum Gasteiger partial charge on any atom is 0.419 e. The number of aromatic hydroxyl groups is 1. The number of carbonyl (C=O) groups is 1. The molecule has 0 radical (unpaired) electrons. The van der Waals surface area contributed by atoms with Crippen molar-refractivity contribution in [2.75, 3.05) is 0 Å². The van der Waals surface area contributed by atoms with E-state index in [9.17, 15) is 14.7 Å². The van der Waals surface area contributed by atoms with Crippen LogP contribution in [0.1, 0.15) is 68.9 Å². The first-order valence-corrected chi connectivity index (χ1v) is 12.7. The van der Waals surface area contributed by atoms with E-state index in [0.29, 0.717) is 16.5 Å². The van der Waals surface area contributed by atoms with Crippen LogP contribution in [0, 0.1) is 5.41 Å². The third-order valence-electron chi connectivity index (χ3n) is 7.18. The number of amides is 1. The van der Waals surface area contributed by atoms with Gasteiger partial charge in [-0.05, 0) is 54.7 Å². The average Bonchev–Trinajstić information content (AvgIpc) is 3.14. The number of nitrogens with zero attached hydrogens (tertiary/aromatic N) is 1. The predicted octanol–water partition coefficient (Wildman–Crippen LogP) is 6.48. The molecule has 0 bridgehead atoms. The van der Waals surface area contributed by atoms with Gasteiger partial charge in [-0.1, -0.05) is 68.2 Å². The summed E-state index contributed by atoms with van der Waals surface area (Å²) in [5.74, 6) is -1.12. The Morgan fingerprint density at radius 2 is 1.77 bits per heavy atom. The summed E-state index contributed by atoms with van der Waals surface area (Å²) in [6.45, 7) is 6.04. The van der Waals surface area contributed by atoms with E-state index in [0.717, 1.165) is 24.0 Å². The number of benzene rings is 2. The zero-order valence-electron chi connectivity index (χ0n) is 20.1. The molecule has 8 heteroatoms. The number of halogens is 2. The van der Waals surface area contributed by atoms with Crippen molar-refractivity contribution in [3.8, 4) is 5.88 Å². The number of H-pyrrole nitrogens is 1. The number of oxazole rings is 1. The van der Waals surface area contributed by atoms with Gasteiger partial charge in [0.2, 0.25) is 11.8 Å². The number of rotatable bonds is 7. The third-order valence-corrected chi connectivity index (χ3v) is 7.66. The fourth-order valence-corrected chi connectivity index (χ4v) is 5.78. The van der Waals surface area contributed by atoms with Gasteiger partial charge in [0, 0.05) is 28.4 Å². The second kappa shape index (κ2) is 10.1. The van der Waals surface area contributed by atoms with Gasteiger partial charge in [0.25, 0.3) is 0 Å². The van der Waals surface area contributed by atoms with E-state index in [1.807, 2.05) is 60.4 Å². The molecule has 1 saturated heterocycles. The SMILES string of the molecule is CCC(CC)N1C(=O)[C@@](C)(Cc2oc(=O)[nH]c2O)C[C@H](c2cccc(Cl)c2)[C@H]1c1ccc(Cl)cc1. The second-order valence-electron chi connectivity index (χ2n) is 9.57. The van der Waals surface area contributed by atoms with Gasteiger partial charge in [0.1, 0.15) is 0 Å². The van der Waals surface area contributed by atoms with Crippen LogP contribution in [0.3, 0.4) is 0 Å². The molecule has 0 spiro atoms. The van der Waals surface area contributed by atoms with Gasteiger partial charge in [-0.2, -0.15) is 0 Å². The minimum atomic E-state index is -0.923. The van der Waals surface area contributed by atoms with E-state index in [4.69, 9.17) is 27.6 Å². The van der Waals surface area contributed by atoms with Crippen molar-refractivity contribution in [3.63, 3.8) is 0 Å². The molecule has 2 N–H and O–H groups in total. The van der Waals surface area contributed by atoms with Gasteiger partial charge >= 0.3 is 5.76 Å². The Kier molecular flexibility index (Phi) is 7.34. The fraction of sp³-hybridized carbons (Fsp3) is 0.407. The largest absolute Gasteiger partial charge is 0.492 e. The molecular weight excluding hydrogens is 487 g/mol. The Balaban J connectivity index is 1.89. The van der Waals surface area contributed by atoms with Crippen LogP contribution in [-0.2, 0) is 11.2 Å². The van der Waals surface area contributed by atoms with Crippen molar-refractivity contribution in [1.29, 1.82) is 0 Å². The zero-order chi connectivity index (χ0) is 25.3. The van der Waals surface area contributed by atoms with Gasteiger partial charge in [-0.3, -0.25) is 9.78 Å². The van der Waals surface area contributed by atoms with E-state index in [1.165, 1.54) is 0 Å². The van der Waals surface area contributed by atoms with E-state index in [2.05, 4.69) is 18.8 Å². The van der Waals surface area contributed by atoms with Gasteiger partial charge < -0.3 is 14.4 Å². The van der Waals surface area contributed by atoms with Gasteiger partial charge in [-0.25, -0.2) is 4.79 Å². The van der Waals surface area contributed by atoms with Gasteiger partial charge in [-0.15, -0.1) is 0 Å². The first-order chi connectivity index (χ1) is 16.7. The Morgan fingerprint density at radius 3 is 2.34 bits per heavy atom. The Hall–Kier alpha value is -2.70. The first kappa shape index (κ1) is 25.4. The molecule has 1 aliphatic heterocycles. The summed E-state index contributed by atoms with van der Waals surface area (Å²) in [7, 11) is 0. The van der Waals surface area contributed by atoms with E-state index >= 15 is 0 Å². The van der Waals surface area contributed by atoms with Crippen LogP contribution in [0.15, 0.2) is 57.7 Å². The second-order valence-corrected chi connectivity index (χ2v) is 10.4. The quantitative estimate of drug-likeness (QED) is 0.376. The highest BCUT2D eigenvalue weighted by Crippen LogP contribution is 2.52. The molecule has 1 fully saturated rings. The minimum Gasteiger partial charge on any atom is -0.492 e. The lowest BCUT2D eigenvalue weighted by Gasteiger charge is -2.52. The summed E-state index contributed by atoms with van der Waals surface area (Å²) in [6.07, 6.45) is 2.15. The maximum atomic E-state index is 14.3. The van der Waals surface area contributed by atoms with Crippen molar-refractivity contribution in [2.24, 2.45) is 5.41 Å². The van der Waals surface area contributed by atoms with Crippen molar-refractivity contribution in [2.45, 2.75) is 64.5 Å². The Labute approximate surface area is 214 Å². The Morgan fingerprint density at radius 1 is 1.09 bits per heavy atom. The molecule has 0 aliphatic carbocycles. The van der Waals surface area contributed by atoms with Crippen molar-refractivity contribution in [1.82, 2.24) is 9.88 Å².